The van der Waals surface area contributed by atoms with Crippen LogP contribution in [-0.4, -0.2) is 46.1 Å². The minimum absolute atomic E-state index is 0.0326. The first-order valence-electron chi connectivity index (χ1n) is 11.6. The summed E-state index contributed by atoms with van der Waals surface area (Å²) in [5.74, 6) is -0.995. The van der Waals surface area contributed by atoms with Gasteiger partial charge in [-0.25, -0.2) is 13.2 Å². The number of nitrogens with zero attached hydrogens (tertiary/aromatic N) is 1. The third-order valence-corrected chi connectivity index (χ3v) is 8.22. The molecule has 1 aliphatic carbocycles. The molecule has 0 saturated heterocycles. The molecule has 0 bridgehead atoms. The number of hydrogen-bond acceptors (Lipinski definition) is 6. The van der Waals surface area contributed by atoms with Crippen LogP contribution in [0.1, 0.15) is 54.9 Å². The number of carbonyl (C=O) groups excluding carboxylic acids is 2. The van der Waals surface area contributed by atoms with Crippen LogP contribution in [0.15, 0.2) is 47.4 Å². The molecule has 1 amide bonds. The molecule has 1 N–H and O–H groups in total. The number of fused-ring (bicyclic) bond motifs is 1. The number of esters is 1. The fraction of sp³-hybridized carbons (Fsp3) is 0.440. The maximum Gasteiger partial charge on any atom is 0.338 e. The smallest absolute Gasteiger partial charge is 0.338 e. The van der Waals surface area contributed by atoms with Crippen molar-refractivity contribution in [3.8, 4) is 5.75 Å². The molecule has 0 unspecified atom stereocenters. The number of aryl methyl sites for hydroxylation is 1. The monoisotopic (exact) mass is 486 g/mol. The van der Waals surface area contributed by atoms with Crippen LogP contribution in [0.25, 0.3) is 0 Å². The van der Waals surface area contributed by atoms with Crippen molar-refractivity contribution in [2.75, 3.05) is 18.0 Å². The summed E-state index contributed by atoms with van der Waals surface area (Å²) in [5.41, 5.74) is 1.61. The van der Waals surface area contributed by atoms with Gasteiger partial charge in [0, 0.05) is 12.6 Å². The van der Waals surface area contributed by atoms with Crippen LogP contribution in [0.2, 0.25) is 0 Å². The van der Waals surface area contributed by atoms with E-state index in [1.54, 1.807) is 12.1 Å². The fourth-order valence-corrected chi connectivity index (χ4v) is 6.27. The molecule has 9 heteroatoms. The van der Waals surface area contributed by atoms with Crippen LogP contribution >= 0.6 is 0 Å². The molecule has 1 heterocycles. The van der Waals surface area contributed by atoms with Crippen molar-refractivity contribution in [3.05, 3.63) is 53.6 Å². The normalized spacial score (nSPS) is 17.1. The molecule has 1 aliphatic heterocycles. The van der Waals surface area contributed by atoms with Crippen molar-refractivity contribution in [3.63, 3.8) is 0 Å². The highest BCUT2D eigenvalue weighted by Crippen LogP contribution is 2.35. The van der Waals surface area contributed by atoms with Gasteiger partial charge in [0.15, 0.2) is 6.10 Å². The number of rotatable bonds is 7. The van der Waals surface area contributed by atoms with Gasteiger partial charge in [0.1, 0.15) is 10.6 Å². The van der Waals surface area contributed by atoms with E-state index in [9.17, 15) is 18.0 Å². The highest BCUT2D eigenvalue weighted by atomic mass is 32.2. The van der Waals surface area contributed by atoms with Crippen LogP contribution in [0.5, 0.6) is 5.75 Å². The van der Waals surface area contributed by atoms with Crippen molar-refractivity contribution in [2.24, 2.45) is 0 Å². The molecule has 182 valence electrons. The Labute approximate surface area is 200 Å². The lowest BCUT2D eigenvalue weighted by molar-refractivity contribution is -0.129. The van der Waals surface area contributed by atoms with E-state index in [4.69, 9.17) is 9.47 Å². The molecule has 0 aromatic heterocycles. The first-order valence-corrected chi connectivity index (χ1v) is 13.1. The summed E-state index contributed by atoms with van der Waals surface area (Å²) in [6, 6.07) is 11.6. The minimum atomic E-state index is -4.01. The van der Waals surface area contributed by atoms with E-state index < -0.39 is 22.1 Å². The maximum atomic E-state index is 13.7. The third kappa shape index (κ3) is 4.89. The molecule has 0 radical (unpaired) electrons. The van der Waals surface area contributed by atoms with Crippen LogP contribution < -0.4 is 14.4 Å². The Morgan fingerprint density at radius 3 is 2.56 bits per heavy atom. The van der Waals surface area contributed by atoms with Gasteiger partial charge in [-0.1, -0.05) is 31.0 Å². The van der Waals surface area contributed by atoms with E-state index in [0.29, 0.717) is 18.7 Å². The molecular formula is C25H30N2O6S. The Balaban J connectivity index is 1.57. The minimum Gasteiger partial charge on any atom is -0.495 e. The van der Waals surface area contributed by atoms with Crippen molar-refractivity contribution >= 4 is 27.6 Å². The molecule has 1 fully saturated rings. The van der Waals surface area contributed by atoms with E-state index in [1.165, 1.54) is 36.5 Å². The van der Waals surface area contributed by atoms with Crippen molar-refractivity contribution in [2.45, 2.75) is 62.5 Å². The van der Waals surface area contributed by atoms with E-state index in [1.807, 2.05) is 12.1 Å². The average Bonchev–Trinajstić information content (AvgIpc) is 3.36. The predicted octanol–water partition coefficient (Wildman–Crippen LogP) is 3.44. The second kappa shape index (κ2) is 10.0. The van der Waals surface area contributed by atoms with Crippen LogP contribution in [-0.2, 0) is 26.0 Å². The van der Waals surface area contributed by atoms with Crippen molar-refractivity contribution < 1.29 is 27.5 Å². The molecule has 0 spiro atoms. The van der Waals surface area contributed by atoms with Crippen molar-refractivity contribution in [1.82, 2.24) is 5.32 Å². The van der Waals surface area contributed by atoms with Gasteiger partial charge in [-0.15, -0.1) is 0 Å². The van der Waals surface area contributed by atoms with E-state index in [2.05, 4.69) is 5.32 Å². The van der Waals surface area contributed by atoms with Crippen molar-refractivity contribution in [1.29, 1.82) is 0 Å². The van der Waals surface area contributed by atoms with E-state index in [0.717, 1.165) is 37.7 Å². The number of amides is 1. The summed E-state index contributed by atoms with van der Waals surface area (Å²) < 4.78 is 39.3. The largest absolute Gasteiger partial charge is 0.495 e. The van der Waals surface area contributed by atoms with Gasteiger partial charge in [0.2, 0.25) is 0 Å². The van der Waals surface area contributed by atoms with Gasteiger partial charge in [-0.2, -0.15) is 0 Å². The zero-order valence-electron chi connectivity index (χ0n) is 19.5. The Bertz CT molecular complexity index is 1170. The lowest BCUT2D eigenvalue weighted by Crippen LogP contribution is -2.40. The topological polar surface area (TPSA) is 102 Å². The lowest BCUT2D eigenvalue weighted by atomic mass is 10.0. The lowest BCUT2D eigenvalue weighted by Gasteiger charge is -2.31. The molecular weight excluding hydrogens is 456 g/mol. The summed E-state index contributed by atoms with van der Waals surface area (Å²) in [6.07, 6.45) is 4.48. The number of nitrogens with one attached hydrogen (secondary N) is 1. The number of sulfonamides is 1. The number of methoxy groups -OCH3 is 1. The predicted molar refractivity (Wildman–Crippen MR) is 128 cm³/mol. The summed E-state index contributed by atoms with van der Waals surface area (Å²) >= 11 is 0. The number of carbonyl (C=O) groups is 2. The highest BCUT2D eigenvalue weighted by Gasteiger charge is 2.32. The average molecular weight is 487 g/mol. The van der Waals surface area contributed by atoms with Gasteiger partial charge >= 0.3 is 5.97 Å². The zero-order valence-corrected chi connectivity index (χ0v) is 20.3. The molecule has 2 aromatic carbocycles. The van der Waals surface area contributed by atoms with E-state index >= 15 is 0 Å². The molecule has 4 rings (SSSR count). The summed E-state index contributed by atoms with van der Waals surface area (Å²) in [4.78, 5) is 25.1. The number of hydrogen-bond donors (Lipinski definition) is 1. The second-order valence-electron chi connectivity index (χ2n) is 8.71. The Morgan fingerprint density at radius 1 is 1.09 bits per heavy atom. The summed E-state index contributed by atoms with van der Waals surface area (Å²) in [5, 5.41) is 2.90. The molecule has 2 aromatic rings. The molecule has 1 atom stereocenters. The molecule has 34 heavy (non-hydrogen) atoms. The third-order valence-electron chi connectivity index (χ3n) is 6.39. The van der Waals surface area contributed by atoms with Gasteiger partial charge in [-0.3, -0.25) is 9.10 Å². The molecule has 2 aliphatic rings. The fourth-order valence-electron chi connectivity index (χ4n) is 4.54. The highest BCUT2D eigenvalue weighted by molar-refractivity contribution is 7.93. The summed E-state index contributed by atoms with van der Waals surface area (Å²) in [6.45, 7) is 1.84. The number of ether oxygens (including phenoxy) is 2. The first kappa shape index (κ1) is 24.1. The summed E-state index contributed by atoms with van der Waals surface area (Å²) in [7, 11) is -2.63. The second-order valence-corrected chi connectivity index (χ2v) is 10.5. The van der Waals surface area contributed by atoms with Crippen LogP contribution in [0.4, 0.5) is 5.69 Å². The zero-order chi connectivity index (χ0) is 24.3. The molecule has 1 saturated carbocycles. The molecule has 8 nitrogen and oxygen atoms in total. The van der Waals surface area contributed by atoms with Crippen LogP contribution in [0.3, 0.4) is 0 Å². The van der Waals surface area contributed by atoms with Gasteiger partial charge in [0.05, 0.1) is 18.4 Å². The first-order chi connectivity index (χ1) is 16.3. The van der Waals surface area contributed by atoms with Gasteiger partial charge in [-0.05, 0) is 62.4 Å². The number of anilines is 1. The Morgan fingerprint density at radius 2 is 1.82 bits per heavy atom. The quantitative estimate of drug-likeness (QED) is 0.602. The van der Waals surface area contributed by atoms with Gasteiger partial charge < -0.3 is 14.8 Å². The maximum absolute atomic E-state index is 13.7. The number of benzene rings is 2. The van der Waals surface area contributed by atoms with Gasteiger partial charge in [0.25, 0.3) is 15.9 Å². The number of para-hydroxylation sites is 1. The van der Waals surface area contributed by atoms with E-state index in [-0.39, 0.29) is 28.2 Å². The Hall–Kier alpha value is -3.07. The van der Waals surface area contributed by atoms with Crippen LogP contribution in [0, 0.1) is 0 Å². The SMILES string of the molecule is COc1ccc(C(=O)O[C@H](C)C(=O)NC2CCCC2)cc1S(=O)(=O)N1CCCc2ccccc21. The Kier molecular flexibility index (Phi) is 7.11. The standard InChI is InChI=1S/C25H30N2O6S/c1-17(24(28)26-20-10-4-5-11-20)33-25(29)19-13-14-22(32-2)23(16-19)34(30,31)27-15-7-9-18-8-3-6-12-21(18)27/h3,6,8,12-14,16-17,20H,4-5,7,9-11,15H2,1-2H3,(H,26,28)/t17-/m1/s1.